The molecule has 1 atom stereocenters. The fraction of sp³-hybridized carbons (Fsp3) is 1.00. The molecule has 8 heavy (non-hydrogen) atoms. The van der Waals surface area contributed by atoms with Crippen LogP contribution in [-0.4, -0.2) is 5.00 Å². The molecule has 0 aliphatic carbocycles. The summed E-state index contributed by atoms with van der Waals surface area (Å²) < 4.78 is 0. The Morgan fingerprint density at radius 1 is 1.75 bits per heavy atom. The van der Waals surface area contributed by atoms with Crippen LogP contribution < -0.4 is 0 Å². The molecule has 0 radical (unpaired) electrons. The van der Waals surface area contributed by atoms with Crippen LogP contribution in [0.4, 0.5) is 0 Å². The summed E-state index contributed by atoms with van der Waals surface area (Å²) in [6, 6.07) is 0. The van der Waals surface area contributed by atoms with Gasteiger partial charge in [0.2, 0.25) is 0 Å². The van der Waals surface area contributed by atoms with Crippen molar-refractivity contribution < 1.29 is 0 Å². The van der Waals surface area contributed by atoms with Gasteiger partial charge in [0.05, 0.1) is 0 Å². The predicted molar refractivity (Wildman–Crippen MR) is 35.0 cm³/mol. The minimum Gasteiger partial charge on any atom is -0.149 e. The van der Waals surface area contributed by atoms with E-state index in [-0.39, 0.29) is 0 Å². The Bertz CT molecular complexity index is 82.5. The molecular formula is C5H10ClNO. The van der Waals surface area contributed by atoms with E-state index in [1.54, 1.807) is 6.92 Å². The molecule has 0 aromatic heterocycles. The highest BCUT2D eigenvalue weighted by molar-refractivity contribution is 6.23. The van der Waals surface area contributed by atoms with E-state index in [4.69, 9.17) is 11.6 Å². The fourth-order valence-corrected chi connectivity index (χ4v) is 0.691. The standard InChI is InChI=1S/C5H10ClNO/c1-3-4-5(2,6)7-8/h3-4H2,1-2H3. The molecule has 3 heteroatoms. The maximum atomic E-state index is 9.83. The van der Waals surface area contributed by atoms with Gasteiger partial charge >= 0.3 is 0 Å². The maximum absolute atomic E-state index is 9.83. The molecule has 0 aliphatic heterocycles. The quantitative estimate of drug-likeness (QED) is 0.332. The lowest BCUT2D eigenvalue weighted by molar-refractivity contribution is 0.587. The van der Waals surface area contributed by atoms with E-state index in [1.807, 2.05) is 6.92 Å². The number of hydrogen-bond donors (Lipinski definition) is 0. The number of nitrogens with zero attached hydrogens (tertiary/aromatic N) is 1. The van der Waals surface area contributed by atoms with Crippen molar-refractivity contribution in [3.63, 3.8) is 0 Å². The van der Waals surface area contributed by atoms with Crippen LogP contribution in [0.1, 0.15) is 26.7 Å². The Morgan fingerprint density at radius 2 is 2.25 bits per heavy atom. The van der Waals surface area contributed by atoms with Gasteiger partial charge in [-0.1, -0.05) is 24.9 Å². The number of alkyl halides is 1. The predicted octanol–water partition coefficient (Wildman–Crippen LogP) is 2.51. The molecule has 0 aliphatic rings. The van der Waals surface area contributed by atoms with E-state index in [9.17, 15) is 4.91 Å². The lowest BCUT2D eigenvalue weighted by Crippen LogP contribution is -2.09. The van der Waals surface area contributed by atoms with Crippen LogP contribution in [0.2, 0.25) is 0 Å². The summed E-state index contributed by atoms with van der Waals surface area (Å²) in [7, 11) is 0. The fourth-order valence-electron chi connectivity index (χ4n) is 0.502. The molecule has 2 nitrogen and oxygen atoms in total. The zero-order chi connectivity index (χ0) is 6.62. The van der Waals surface area contributed by atoms with Crippen molar-refractivity contribution in [3.05, 3.63) is 4.91 Å². The molecule has 0 saturated heterocycles. The lowest BCUT2D eigenvalue weighted by Gasteiger charge is -2.08. The highest BCUT2D eigenvalue weighted by atomic mass is 35.5. The van der Waals surface area contributed by atoms with Gasteiger partial charge in [-0.15, -0.1) is 4.91 Å². The molecule has 0 fully saturated rings. The number of halogens is 1. The smallest absolute Gasteiger partial charge is 0.149 e. The highest BCUT2D eigenvalue weighted by Crippen LogP contribution is 2.21. The van der Waals surface area contributed by atoms with Gasteiger partial charge in [-0.25, -0.2) is 0 Å². The third-order valence-electron chi connectivity index (χ3n) is 0.897. The van der Waals surface area contributed by atoms with Crippen molar-refractivity contribution in [1.82, 2.24) is 0 Å². The summed E-state index contributed by atoms with van der Waals surface area (Å²) in [5.41, 5.74) is 0. The monoisotopic (exact) mass is 135 g/mol. The second-order valence-corrected chi connectivity index (χ2v) is 2.80. The Hall–Kier alpha value is -0.110. The Kier molecular flexibility index (Phi) is 2.98. The van der Waals surface area contributed by atoms with Gasteiger partial charge in [-0.2, -0.15) is 0 Å². The van der Waals surface area contributed by atoms with Gasteiger partial charge in [-0.05, 0) is 18.5 Å². The van der Waals surface area contributed by atoms with Crippen molar-refractivity contribution >= 4 is 11.6 Å². The second kappa shape index (κ2) is 3.02. The van der Waals surface area contributed by atoms with Crippen LogP contribution in [0, 0.1) is 4.91 Å². The number of hydrogen-bond acceptors (Lipinski definition) is 2. The molecule has 0 saturated carbocycles. The zero-order valence-electron chi connectivity index (χ0n) is 5.15. The second-order valence-electron chi connectivity index (χ2n) is 1.98. The van der Waals surface area contributed by atoms with Crippen LogP contribution in [0.3, 0.4) is 0 Å². The summed E-state index contributed by atoms with van der Waals surface area (Å²) in [6.45, 7) is 3.58. The molecule has 0 spiro atoms. The van der Waals surface area contributed by atoms with Crippen molar-refractivity contribution in [3.8, 4) is 0 Å². The zero-order valence-corrected chi connectivity index (χ0v) is 5.90. The van der Waals surface area contributed by atoms with E-state index in [2.05, 4.69) is 5.18 Å². The third kappa shape index (κ3) is 2.97. The maximum Gasteiger partial charge on any atom is 0.172 e. The van der Waals surface area contributed by atoms with Gasteiger partial charge in [0.25, 0.3) is 0 Å². The number of rotatable bonds is 3. The minimum absolute atomic E-state index is 0.651. The molecule has 0 aromatic rings. The van der Waals surface area contributed by atoms with Crippen LogP contribution >= 0.6 is 11.6 Å². The molecule has 0 amide bonds. The van der Waals surface area contributed by atoms with Crippen molar-refractivity contribution in [2.75, 3.05) is 0 Å². The third-order valence-corrected chi connectivity index (χ3v) is 1.15. The highest BCUT2D eigenvalue weighted by Gasteiger charge is 2.18. The van der Waals surface area contributed by atoms with Crippen LogP contribution in [-0.2, 0) is 0 Å². The van der Waals surface area contributed by atoms with Crippen molar-refractivity contribution in [1.29, 1.82) is 0 Å². The molecule has 0 heterocycles. The van der Waals surface area contributed by atoms with Gasteiger partial charge < -0.3 is 0 Å². The first kappa shape index (κ1) is 7.89. The molecular weight excluding hydrogens is 126 g/mol. The normalized spacial score (nSPS) is 17.4. The van der Waals surface area contributed by atoms with Crippen LogP contribution in [0.25, 0.3) is 0 Å². The molecule has 0 aromatic carbocycles. The van der Waals surface area contributed by atoms with Gasteiger partial charge in [0, 0.05) is 0 Å². The summed E-state index contributed by atoms with van der Waals surface area (Å²) in [6.07, 6.45) is 1.55. The summed E-state index contributed by atoms with van der Waals surface area (Å²) in [5, 5.41) is 2.73. The van der Waals surface area contributed by atoms with Crippen molar-refractivity contribution in [2.24, 2.45) is 5.18 Å². The van der Waals surface area contributed by atoms with E-state index in [0.717, 1.165) is 6.42 Å². The largest absolute Gasteiger partial charge is 0.172 e. The van der Waals surface area contributed by atoms with E-state index in [1.165, 1.54) is 0 Å². The first-order valence-electron chi connectivity index (χ1n) is 2.66. The van der Waals surface area contributed by atoms with E-state index < -0.39 is 5.00 Å². The molecule has 0 N–H and O–H groups in total. The SMILES string of the molecule is CCCC(C)(Cl)N=O. The topological polar surface area (TPSA) is 29.4 Å². The van der Waals surface area contributed by atoms with Gasteiger partial charge in [0.1, 0.15) is 0 Å². The van der Waals surface area contributed by atoms with Crippen LogP contribution in [0.15, 0.2) is 5.18 Å². The van der Waals surface area contributed by atoms with Crippen LogP contribution in [0.5, 0.6) is 0 Å². The average molecular weight is 136 g/mol. The minimum atomic E-state index is -0.866. The summed E-state index contributed by atoms with van der Waals surface area (Å²) in [5.74, 6) is 0. The molecule has 48 valence electrons. The van der Waals surface area contributed by atoms with E-state index >= 15 is 0 Å². The van der Waals surface area contributed by atoms with Crippen molar-refractivity contribution in [2.45, 2.75) is 31.7 Å². The molecule has 0 rings (SSSR count). The van der Waals surface area contributed by atoms with Gasteiger partial charge in [-0.3, -0.25) is 0 Å². The molecule has 1 unspecified atom stereocenters. The Morgan fingerprint density at radius 3 is 2.38 bits per heavy atom. The summed E-state index contributed by atoms with van der Waals surface area (Å²) in [4.78, 5) is 8.97. The van der Waals surface area contributed by atoms with E-state index in [0.29, 0.717) is 6.42 Å². The molecule has 0 bridgehead atoms. The number of nitroso groups, excluding NO2 is 1. The Labute approximate surface area is 54.2 Å². The average Bonchev–Trinajstić information content (AvgIpc) is 1.67. The first-order chi connectivity index (χ1) is 3.62. The summed E-state index contributed by atoms with van der Waals surface area (Å²) >= 11 is 5.54. The van der Waals surface area contributed by atoms with Gasteiger partial charge in [0.15, 0.2) is 5.00 Å². The lowest BCUT2D eigenvalue weighted by atomic mass is 10.2. The first-order valence-corrected chi connectivity index (χ1v) is 3.03. The Balaban J connectivity index is 3.53.